The fraction of sp³-hybridized carbons (Fsp3) is 0.875. The number of aromatic nitrogens is 4. The summed E-state index contributed by atoms with van der Waals surface area (Å²) in [6.07, 6.45) is 4.51. The molecule has 0 spiro atoms. The molecule has 0 aromatic carbocycles. The van der Waals surface area contributed by atoms with Crippen molar-refractivity contribution in [3.63, 3.8) is 0 Å². The van der Waals surface area contributed by atoms with E-state index in [1.54, 1.807) is 4.68 Å². The van der Waals surface area contributed by atoms with Gasteiger partial charge in [-0.25, -0.2) is 4.68 Å². The molecule has 0 atom stereocenters. The maximum absolute atomic E-state index is 5.71. The van der Waals surface area contributed by atoms with Crippen LogP contribution in [0.25, 0.3) is 0 Å². The fourth-order valence-corrected chi connectivity index (χ4v) is 1.65. The van der Waals surface area contributed by atoms with Crippen molar-refractivity contribution in [2.24, 2.45) is 0 Å². The van der Waals surface area contributed by atoms with Gasteiger partial charge in [-0.1, -0.05) is 61.0 Å². The molecule has 0 unspecified atom stereocenters. The summed E-state index contributed by atoms with van der Waals surface area (Å²) in [6, 6.07) is 0. The second-order valence-corrected chi connectivity index (χ2v) is 5.57. The van der Waals surface area contributed by atoms with Gasteiger partial charge in [0.25, 0.3) is 3.79 Å². The van der Waals surface area contributed by atoms with Crippen molar-refractivity contribution in [1.29, 1.82) is 0 Å². The zero-order valence-electron chi connectivity index (χ0n) is 8.46. The van der Waals surface area contributed by atoms with E-state index >= 15 is 0 Å². The van der Waals surface area contributed by atoms with Crippen LogP contribution in [0.2, 0.25) is 0 Å². The van der Waals surface area contributed by atoms with Gasteiger partial charge in [0.1, 0.15) is 0 Å². The maximum atomic E-state index is 5.71. The molecule has 0 fully saturated rings. The normalized spacial score (nSPS) is 12.0. The summed E-state index contributed by atoms with van der Waals surface area (Å²) in [6.45, 7) is 2.85. The molecule has 0 aliphatic rings. The number of aryl methyl sites for hydroxylation is 1. The molecule has 0 N–H and O–H groups in total. The smallest absolute Gasteiger partial charge is 0.226 e. The van der Waals surface area contributed by atoms with Crippen molar-refractivity contribution in [1.82, 2.24) is 20.2 Å². The molecule has 86 valence electrons. The highest BCUT2D eigenvalue weighted by molar-refractivity contribution is 6.66. The van der Waals surface area contributed by atoms with E-state index in [1.807, 2.05) is 0 Å². The van der Waals surface area contributed by atoms with Crippen LogP contribution in [0.1, 0.15) is 38.4 Å². The minimum atomic E-state index is -1.55. The first-order valence-electron chi connectivity index (χ1n) is 4.89. The predicted molar refractivity (Wildman–Crippen MR) is 61.2 cm³/mol. The lowest BCUT2D eigenvalue weighted by atomic mass is 10.2. The number of rotatable bonds is 5. The van der Waals surface area contributed by atoms with E-state index in [0.29, 0.717) is 6.54 Å². The number of halogens is 3. The van der Waals surface area contributed by atoms with Crippen molar-refractivity contribution < 1.29 is 0 Å². The molecule has 0 saturated carbocycles. The molecule has 0 saturated heterocycles. The number of hydrogen-bond acceptors (Lipinski definition) is 3. The summed E-state index contributed by atoms with van der Waals surface area (Å²) in [5.74, 6) is 0.281. The molecule has 0 aliphatic carbocycles. The SMILES string of the molecule is CCCCCCn1nnnc1C(Cl)(Cl)Cl. The van der Waals surface area contributed by atoms with Crippen molar-refractivity contribution >= 4 is 34.8 Å². The molecule has 15 heavy (non-hydrogen) atoms. The Bertz CT molecular complexity index is 294. The lowest BCUT2D eigenvalue weighted by Crippen LogP contribution is -2.13. The Balaban J connectivity index is 2.51. The molecule has 1 rings (SSSR count). The summed E-state index contributed by atoms with van der Waals surface area (Å²) in [7, 11) is 0. The molecule has 1 aromatic rings. The Labute approximate surface area is 104 Å². The van der Waals surface area contributed by atoms with Gasteiger partial charge in [-0.2, -0.15) is 0 Å². The van der Waals surface area contributed by atoms with E-state index in [4.69, 9.17) is 34.8 Å². The number of tetrazole rings is 1. The van der Waals surface area contributed by atoms with Gasteiger partial charge in [0, 0.05) is 6.54 Å². The second-order valence-electron chi connectivity index (χ2n) is 3.28. The lowest BCUT2D eigenvalue weighted by Gasteiger charge is -2.10. The van der Waals surface area contributed by atoms with Crippen LogP contribution in [0.3, 0.4) is 0 Å². The third-order valence-corrected chi connectivity index (χ3v) is 2.52. The van der Waals surface area contributed by atoms with Crippen LogP contribution in [0.15, 0.2) is 0 Å². The Kier molecular flexibility index (Phi) is 5.09. The first kappa shape index (κ1) is 13.0. The molecule has 0 aliphatic heterocycles. The van der Waals surface area contributed by atoms with E-state index in [1.165, 1.54) is 12.8 Å². The van der Waals surface area contributed by atoms with Crippen molar-refractivity contribution in [3.8, 4) is 0 Å². The summed E-state index contributed by atoms with van der Waals surface area (Å²) >= 11 is 17.1. The van der Waals surface area contributed by atoms with Crippen molar-refractivity contribution in [2.45, 2.75) is 42.9 Å². The van der Waals surface area contributed by atoms with Crippen LogP contribution >= 0.6 is 34.8 Å². The average Bonchev–Trinajstić information content (AvgIpc) is 2.59. The average molecular weight is 272 g/mol. The topological polar surface area (TPSA) is 43.6 Å². The van der Waals surface area contributed by atoms with Crippen LogP contribution in [-0.2, 0) is 10.3 Å². The van der Waals surface area contributed by atoms with Crippen LogP contribution in [0.5, 0.6) is 0 Å². The highest BCUT2D eigenvalue weighted by Crippen LogP contribution is 2.36. The zero-order valence-corrected chi connectivity index (χ0v) is 10.7. The van der Waals surface area contributed by atoms with Gasteiger partial charge >= 0.3 is 0 Å². The van der Waals surface area contributed by atoms with E-state index in [0.717, 1.165) is 12.8 Å². The number of unbranched alkanes of at least 4 members (excludes halogenated alkanes) is 3. The fourth-order valence-electron chi connectivity index (χ4n) is 1.25. The van der Waals surface area contributed by atoms with Crippen LogP contribution in [-0.4, -0.2) is 20.2 Å². The van der Waals surface area contributed by atoms with Gasteiger partial charge in [-0.15, -0.1) is 5.10 Å². The molecule has 1 heterocycles. The minimum Gasteiger partial charge on any atom is -0.226 e. The van der Waals surface area contributed by atoms with E-state index in [2.05, 4.69) is 22.4 Å². The molecule has 4 nitrogen and oxygen atoms in total. The zero-order chi connectivity index (χ0) is 11.3. The van der Waals surface area contributed by atoms with Gasteiger partial charge in [-0.3, -0.25) is 0 Å². The first-order chi connectivity index (χ1) is 7.05. The maximum Gasteiger partial charge on any atom is 0.251 e. The Morgan fingerprint density at radius 1 is 1.20 bits per heavy atom. The van der Waals surface area contributed by atoms with E-state index in [9.17, 15) is 0 Å². The van der Waals surface area contributed by atoms with Crippen LogP contribution < -0.4 is 0 Å². The Morgan fingerprint density at radius 3 is 2.53 bits per heavy atom. The second kappa shape index (κ2) is 5.87. The summed E-state index contributed by atoms with van der Waals surface area (Å²) in [4.78, 5) is 0. The lowest BCUT2D eigenvalue weighted by molar-refractivity contribution is 0.514. The van der Waals surface area contributed by atoms with Crippen LogP contribution in [0.4, 0.5) is 0 Å². The minimum absolute atomic E-state index is 0.281. The molecule has 7 heteroatoms. The quantitative estimate of drug-likeness (QED) is 0.610. The Hall–Kier alpha value is -0.0600. The molecular weight excluding hydrogens is 258 g/mol. The number of hydrogen-bond donors (Lipinski definition) is 0. The van der Waals surface area contributed by atoms with Crippen LogP contribution in [0, 0.1) is 0 Å². The summed E-state index contributed by atoms with van der Waals surface area (Å²) in [5.41, 5.74) is 0. The third-order valence-electron chi connectivity index (χ3n) is 2.01. The summed E-state index contributed by atoms with van der Waals surface area (Å²) < 4.78 is -0.00306. The molecule has 0 radical (unpaired) electrons. The Morgan fingerprint density at radius 2 is 1.93 bits per heavy atom. The van der Waals surface area contributed by atoms with Gasteiger partial charge in [0.15, 0.2) is 0 Å². The molecular formula is C8H13Cl3N4. The molecule has 0 amide bonds. The largest absolute Gasteiger partial charge is 0.251 e. The predicted octanol–water partition coefficient (Wildman–Crippen LogP) is 3.08. The van der Waals surface area contributed by atoms with Gasteiger partial charge < -0.3 is 0 Å². The summed E-state index contributed by atoms with van der Waals surface area (Å²) in [5, 5.41) is 11.0. The van der Waals surface area contributed by atoms with Gasteiger partial charge in [0.05, 0.1) is 0 Å². The monoisotopic (exact) mass is 270 g/mol. The van der Waals surface area contributed by atoms with Gasteiger partial charge in [0.2, 0.25) is 5.82 Å². The van der Waals surface area contributed by atoms with E-state index in [-0.39, 0.29) is 5.82 Å². The van der Waals surface area contributed by atoms with Crippen molar-refractivity contribution in [3.05, 3.63) is 5.82 Å². The highest BCUT2D eigenvalue weighted by atomic mass is 35.6. The number of nitrogens with zero attached hydrogens (tertiary/aromatic N) is 4. The standard InChI is InChI=1S/C8H13Cl3N4/c1-2-3-4-5-6-15-7(8(9,10)11)12-13-14-15/h2-6H2,1H3. The van der Waals surface area contributed by atoms with E-state index < -0.39 is 3.79 Å². The first-order valence-corrected chi connectivity index (χ1v) is 6.02. The molecule has 0 bridgehead atoms. The highest BCUT2D eigenvalue weighted by Gasteiger charge is 2.30. The molecule has 1 aromatic heterocycles. The number of alkyl halides is 3. The van der Waals surface area contributed by atoms with Crippen molar-refractivity contribution in [2.75, 3.05) is 0 Å². The third kappa shape index (κ3) is 4.13. The van der Waals surface area contributed by atoms with Gasteiger partial charge in [-0.05, 0) is 16.8 Å².